The summed E-state index contributed by atoms with van der Waals surface area (Å²) in [5, 5.41) is 2.88. The third kappa shape index (κ3) is 5.45. The van der Waals surface area contributed by atoms with Crippen LogP contribution in [0.2, 0.25) is 0 Å². The van der Waals surface area contributed by atoms with Crippen molar-refractivity contribution in [1.82, 2.24) is 14.9 Å². The number of nitrogens with zero attached hydrogens (tertiary/aromatic N) is 2. The van der Waals surface area contributed by atoms with Crippen LogP contribution in [0.5, 0.6) is 0 Å². The Labute approximate surface area is 170 Å². The molecule has 0 radical (unpaired) electrons. The number of hydrogen-bond acceptors (Lipinski definition) is 4. The van der Waals surface area contributed by atoms with E-state index in [1.54, 1.807) is 61.9 Å². The lowest BCUT2D eigenvalue weighted by molar-refractivity contribution is 0.0952. The molecule has 1 aromatic heterocycles. The summed E-state index contributed by atoms with van der Waals surface area (Å²) < 4.78 is 29.7. The molecular formula is C21H24N4O3S. The average molecular weight is 413 g/mol. The zero-order valence-electron chi connectivity index (χ0n) is 16.4. The summed E-state index contributed by atoms with van der Waals surface area (Å²) in [6.07, 6.45) is 6.12. The SMILES string of the molecule is Cc1ccc(S(=O)(=O)Nc2ccc(C(=O)NCCCn3ccnc3)cc2C)cc1. The molecule has 3 rings (SSSR count). The number of anilines is 1. The molecule has 0 aliphatic heterocycles. The molecule has 0 atom stereocenters. The van der Waals surface area contributed by atoms with Crippen molar-refractivity contribution in [2.24, 2.45) is 0 Å². The van der Waals surface area contributed by atoms with Gasteiger partial charge in [0.05, 0.1) is 16.9 Å². The van der Waals surface area contributed by atoms with Crippen LogP contribution in [-0.2, 0) is 16.6 Å². The first-order valence-electron chi connectivity index (χ1n) is 9.29. The molecule has 0 saturated heterocycles. The highest BCUT2D eigenvalue weighted by Crippen LogP contribution is 2.21. The van der Waals surface area contributed by atoms with E-state index in [2.05, 4.69) is 15.0 Å². The summed E-state index contributed by atoms with van der Waals surface area (Å²) in [6, 6.07) is 11.5. The van der Waals surface area contributed by atoms with Crippen molar-refractivity contribution >= 4 is 21.6 Å². The molecule has 0 bridgehead atoms. The molecule has 0 unspecified atom stereocenters. The number of sulfonamides is 1. The Balaban J connectivity index is 1.60. The van der Waals surface area contributed by atoms with E-state index in [0.717, 1.165) is 18.5 Å². The lowest BCUT2D eigenvalue weighted by atomic mass is 10.1. The molecule has 0 spiro atoms. The Morgan fingerprint density at radius 3 is 2.52 bits per heavy atom. The van der Waals surface area contributed by atoms with Crippen LogP contribution >= 0.6 is 0 Å². The summed E-state index contributed by atoms with van der Waals surface area (Å²) in [5.41, 5.74) is 2.60. The normalized spacial score (nSPS) is 11.2. The maximum absolute atomic E-state index is 12.6. The molecule has 152 valence electrons. The molecule has 0 saturated carbocycles. The van der Waals surface area contributed by atoms with Crippen LogP contribution in [0.4, 0.5) is 5.69 Å². The lowest BCUT2D eigenvalue weighted by Crippen LogP contribution is -2.25. The number of carbonyl (C=O) groups is 1. The summed E-state index contributed by atoms with van der Waals surface area (Å²) in [5.74, 6) is -0.188. The summed E-state index contributed by atoms with van der Waals surface area (Å²) in [7, 11) is -3.68. The number of hydrogen-bond donors (Lipinski definition) is 2. The molecule has 1 heterocycles. The van der Waals surface area contributed by atoms with Crippen molar-refractivity contribution in [1.29, 1.82) is 0 Å². The van der Waals surface area contributed by atoms with Crippen LogP contribution in [0.15, 0.2) is 66.1 Å². The van der Waals surface area contributed by atoms with Crippen molar-refractivity contribution in [3.63, 3.8) is 0 Å². The predicted octanol–water partition coefficient (Wildman–Crippen LogP) is 3.12. The quantitative estimate of drug-likeness (QED) is 0.556. The van der Waals surface area contributed by atoms with Gasteiger partial charge in [0, 0.05) is 31.0 Å². The second-order valence-corrected chi connectivity index (χ2v) is 8.54. The third-order valence-corrected chi connectivity index (χ3v) is 5.88. The summed E-state index contributed by atoms with van der Waals surface area (Å²) >= 11 is 0. The highest BCUT2D eigenvalue weighted by Gasteiger charge is 2.16. The van der Waals surface area contributed by atoms with Crippen LogP contribution in [0.3, 0.4) is 0 Å². The molecule has 1 amide bonds. The summed E-state index contributed by atoms with van der Waals surface area (Å²) in [6.45, 7) is 4.98. The fraction of sp³-hybridized carbons (Fsp3) is 0.238. The first kappa shape index (κ1) is 20.6. The van der Waals surface area contributed by atoms with Crippen LogP contribution < -0.4 is 10.0 Å². The molecule has 0 fully saturated rings. The van der Waals surface area contributed by atoms with E-state index < -0.39 is 10.0 Å². The molecule has 0 aliphatic carbocycles. The first-order chi connectivity index (χ1) is 13.8. The second-order valence-electron chi connectivity index (χ2n) is 6.86. The Morgan fingerprint density at radius 2 is 1.86 bits per heavy atom. The smallest absolute Gasteiger partial charge is 0.261 e. The number of amides is 1. The number of aromatic nitrogens is 2. The number of carbonyl (C=O) groups excluding carboxylic acids is 1. The number of rotatable bonds is 8. The van der Waals surface area contributed by atoms with E-state index in [4.69, 9.17) is 0 Å². The van der Waals surface area contributed by atoms with Gasteiger partial charge in [-0.3, -0.25) is 9.52 Å². The lowest BCUT2D eigenvalue weighted by Gasteiger charge is -2.12. The second kappa shape index (κ2) is 8.91. The Kier molecular flexibility index (Phi) is 6.33. The number of aryl methyl sites for hydroxylation is 3. The third-order valence-electron chi connectivity index (χ3n) is 4.50. The zero-order valence-corrected chi connectivity index (χ0v) is 17.2. The molecule has 0 aliphatic rings. The topological polar surface area (TPSA) is 93.1 Å². The van der Waals surface area contributed by atoms with Gasteiger partial charge in [0.25, 0.3) is 15.9 Å². The van der Waals surface area contributed by atoms with Gasteiger partial charge < -0.3 is 9.88 Å². The van der Waals surface area contributed by atoms with Gasteiger partial charge in [0.2, 0.25) is 0 Å². The fourth-order valence-corrected chi connectivity index (χ4v) is 3.96. The number of nitrogens with one attached hydrogen (secondary N) is 2. The number of imidazole rings is 1. The molecule has 8 heteroatoms. The minimum atomic E-state index is -3.68. The van der Waals surface area contributed by atoms with E-state index in [1.165, 1.54) is 0 Å². The van der Waals surface area contributed by atoms with E-state index >= 15 is 0 Å². The monoisotopic (exact) mass is 412 g/mol. The molecule has 29 heavy (non-hydrogen) atoms. The van der Waals surface area contributed by atoms with Crippen LogP contribution in [0.25, 0.3) is 0 Å². The Hall–Kier alpha value is -3.13. The van der Waals surface area contributed by atoms with Gasteiger partial charge in [-0.1, -0.05) is 17.7 Å². The fourth-order valence-electron chi connectivity index (χ4n) is 2.83. The minimum Gasteiger partial charge on any atom is -0.352 e. The molecule has 7 nitrogen and oxygen atoms in total. The highest BCUT2D eigenvalue weighted by atomic mass is 32.2. The summed E-state index contributed by atoms with van der Waals surface area (Å²) in [4.78, 5) is 16.5. The molecule has 3 aromatic rings. The molecule has 2 N–H and O–H groups in total. The predicted molar refractivity (Wildman–Crippen MR) is 112 cm³/mol. The zero-order chi connectivity index (χ0) is 20.9. The van der Waals surface area contributed by atoms with Crippen molar-refractivity contribution < 1.29 is 13.2 Å². The van der Waals surface area contributed by atoms with E-state index in [-0.39, 0.29) is 10.8 Å². The largest absolute Gasteiger partial charge is 0.352 e. The van der Waals surface area contributed by atoms with Gasteiger partial charge in [-0.25, -0.2) is 13.4 Å². The first-order valence-corrected chi connectivity index (χ1v) is 10.8. The Bertz CT molecular complexity index is 1080. The maximum atomic E-state index is 12.6. The van der Waals surface area contributed by atoms with E-state index in [0.29, 0.717) is 23.4 Å². The van der Waals surface area contributed by atoms with Crippen LogP contribution in [0, 0.1) is 13.8 Å². The highest BCUT2D eigenvalue weighted by molar-refractivity contribution is 7.92. The minimum absolute atomic E-state index is 0.188. The Morgan fingerprint density at radius 1 is 1.10 bits per heavy atom. The standard InChI is InChI=1S/C21H24N4O3S/c1-16-4-7-19(8-5-16)29(27,28)24-20-9-6-18(14-17(20)2)21(26)23-10-3-12-25-13-11-22-15-25/h4-9,11,13-15,24H,3,10,12H2,1-2H3,(H,23,26). The number of benzene rings is 2. The van der Waals surface area contributed by atoms with Gasteiger partial charge >= 0.3 is 0 Å². The van der Waals surface area contributed by atoms with Crippen molar-refractivity contribution in [2.45, 2.75) is 31.7 Å². The van der Waals surface area contributed by atoms with E-state index in [1.807, 2.05) is 17.7 Å². The van der Waals surface area contributed by atoms with Crippen LogP contribution in [0.1, 0.15) is 27.9 Å². The van der Waals surface area contributed by atoms with Gasteiger partial charge in [0.15, 0.2) is 0 Å². The van der Waals surface area contributed by atoms with Crippen LogP contribution in [-0.4, -0.2) is 30.4 Å². The van der Waals surface area contributed by atoms with Crippen molar-refractivity contribution in [3.05, 3.63) is 77.9 Å². The maximum Gasteiger partial charge on any atom is 0.261 e. The van der Waals surface area contributed by atoms with Gasteiger partial charge in [0.1, 0.15) is 0 Å². The van der Waals surface area contributed by atoms with Crippen molar-refractivity contribution in [2.75, 3.05) is 11.3 Å². The molecular weight excluding hydrogens is 388 g/mol. The van der Waals surface area contributed by atoms with Gasteiger partial charge in [-0.2, -0.15) is 0 Å². The average Bonchev–Trinajstić information content (AvgIpc) is 3.20. The van der Waals surface area contributed by atoms with E-state index in [9.17, 15) is 13.2 Å². The molecule has 2 aromatic carbocycles. The van der Waals surface area contributed by atoms with Gasteiger partial charge in [-0.15, -0.1) is 0 Å². The van der Waals surface area contributed by atoms with Crippen molar-refractivity contribution in [3.8, 4) is 0 Å². The van der Waals surface area contributed by atoms with Gasteiger partial charge in [-0.05, 0) is 56.2 Å².